The second kappa shape index (κ2) is 14.3. The van der Waals surface area contributed by atoms with Crippen LogP contribution in [0.3, 0.4) is 0 Å². The molecule has 0 aliphatic rings. The Balaban J connectivity index is 1.84. The Labute approximate surface area is 185 Å². The van der Waals surface area contributed by atoms with Crippen molar-refractivity contribution in [3.8, 4) is 5.75 Å². The molecule has 6 heteroatoms. The summed E-state index contributed by atoms with van der Waals surface area (Å²) >= 11 is 0. The summed E-state index contributed by atoms with van der Waals surface area (Å²) in [5, 5.41) is 14.1. The summed E-state index contributed by atoms with van der Waals surface area (Å²) in [7, 11) is 0. The molecule has 31 heavy (non-hydrogen) atoms. The van der Waals surface area contributed by atoms with Gasteiger partial charge >= 0.3 is 5.97 Å². The predicted octanol–water partition coefficient (Wildman–Crippen LogP) is 5.84. The highest BCUT2D eigenvalue weighted by Crippen LogP contribution is 2.18. The van der Waals surface area contributed by atoms with E-state index < -0.39 is 11.0 Å². The fourth-order valence-corrected chi connectivity index (χ4v) is 3.45. The number of ether oxygens (including phenoxy) is 1. The lowest BCUT2D eigenvalue weighted by atomic mass is 10.1. The number of unbranched alkanes of at least 4 members (excludes halogenated alkanes) is 7. The molecule has 2 aromatic carbocycles. The van der Waals surface area contributed by atoms with E-state index in [1.54, 1.807) is 0 Å². The van der Waals surface area contributed by atoms with Crippen molar-refractivity contribution in [2.75, 3.05) is 6.54 Å². The van der Waals surface area contributed by atoms with Crippen molar-refractivity contribution < 1.29 is 14.5 Å². The summed E-state index contributed by atoms with van der Waals surface area (Å²) in [6.07, 6.45) is 10.4. The maximum atomic E-state index is 12.8. The average Bonchev–Trinajstić information content (AvgIpc) is 2.78. The van der Waals surface area contributed by atoms with E-state index in [-0.39, 0.29) is 11.7 Å². The Hall–Kier alpha value is -2.73. The van der Waals surface area contributed by atoms with Crippen LogP contribution in [-0.2, 0) is 11.2 Å². The zero-order valence-corrected chi connectivity index (χ0v) is 18.4. The number of nitrogens with zero attached hydrogens (tertiary/aromatic N) is 1. The molecule has 0 bridgehead atoms. The third kappa shape index (κ3) is 9.75. The van der Waals surface area contributed by atoms with Gasteiger partial charge in [-0.15, -0.1) is 0 Å². The number of nitro benzene ring substituents is 1. The van der Waals surface area contributed by atoms with Gasteiger partial charge in [-0.25, -0.2) is 4.79 Å². The highest BCUT2D eigenvalue weighted by atomic mass is 16.6. The van der Waals surface area contributed by atoms with E-state index in [1.807, 2.05) is 30.3 Å². The minimum Gasteiger partial charge on any atom is -0.425 e. The van der Waals surface area contributed by atoms with Crippen LogP contribution in [0.5, 0.6) is 5.75 Å². The summed E-state index contributed by atoms with van der Waals surface area (Å²) < 4.78 is 5.49. The summed E-state index contributed by atoms with van der Waals surface area (Å²) in [4.78, 5) is 23.1. The smallest absolute Gasteiger partial charge is 0.328 e. The van der Waals surface area contributed by atoms with Gasteiger partial charge in [0.05, 0.1) is 4.92 Å². The van der Waals surface area contributed by atoms with Crippen LogP contribution in [-0.4, -0.2) is 23.5 Å². The molecule has 0 radical (unpaired) electrons. The molecule has 0 spiro atoms. The van der Waals surface area contributed by atoms with Gasteiger partial charge in [0.15, 0.2) is 0 Å². The fourth-order valence-electron chi connectivity index (χ4n) is 3.45. The van der Waals surface area contributed by atoms with E-state index in [0.29, 0.717) is 12.2 Å². The first-order valence-corrected chi connectivity index (χ1v) is 11.3. The van der Waals surface area contributed by atoms with Crippen molar-refractivity contribution in [3.05, 3.63) is 70.3 Å². The largest absolute Gasteiger partial charge is 0.425 e. The number of nitro groups is 1. The molecule has 2 rings (SSSR count). The van der Waals surface area contributed by atoms with Crippen LogP contribution in [0.1, 0.15) is 63.9 Å². The van der Waals surface area contributed by atoms with Gasteiger partial charge < -0.3 is 10.1 Å². The number of nitrogens with one attached hydrogen (secondary N) is 1. The number of rotatable bonds is 15. The Morgan fingerprint density at radius 2 is 1.55 bits per heavy atom. The van der Waals surface area contributed by atoms with Crippen LogP contribution in [0, 0.1) is 10.1 Å². The van der Waals surface area contributed by atoms with Crippen molar-refractivity contribution >= 4 is 11.7 Å². The standard InChI is InChI=1S/C25H34N2O4/c1-2-3-4-5-6-7-8-12-19-26-24(20-21-13-10-9-11-14-21)25(28)31-23-17-15-22(16-18-23)27(29)30/h9-11,13-18,24,26H,2-8,12,19-20H2,1H3/t24-/m1/s1. The van der Waals surface area contributed by atoms with Gasteiger partial charge in [0.1, 0.15) is 11.8 Å². The van der Waals surface area contributed by atoms with Crippen molar-refractivity contribution in [1.82, 2.24) is 5.32 Å². The SMILES string of the molecule is CCCCCCCCCCN[C@H](Cc1ccccc1)C(=O)Oc1ccc([N+](=O)[O-])cc1. The number of hydrogen-bond acceptors (Lipinski definition) is 5. The zero-order valence-electron chi connectivity index (χ0n) is 18.4. The minimum atomic E-state index is -0.477. The van der Waals surface area contributed by atoms with Gasteiger partial charge in [-0.05, 0) is 37.1 Å². The minimum absolute atomic E-state index is 0.0338. The molecule has 6 nitrogen and oxygen atoms in total. The molecule has 0 saturated heterocycles. The van der Waals surface area contributed by atoms with Gasteiger partial charge in [-0.1, -0.05) is 82.2 Å². The first-order valence-electron chi connectivity index (χ1n) is 11.3. The molecular weight excluding hydrogens is 392 g/mol. The molecule has 168 valence electrons. The van der Waals surface area contributed by atoms with Crippen LogP contribution < -0.4 is 10.1 Å². The van der Waals surface area contributed by atoms with Gasteiger partial charge in [-0.2, -0.15) is 0 Å². The summed E-state index contributed by atoms with van der Waals surface area (Å²) in [5.74, 6) is -0.0696. The predicted molar refractivity (Wildman–Crippen MR) is 123 cm³/mol. The highest BCUT2D eigenvalue weighted by Gasteiger charge is 2.21. The molecular formula is C25H34N2O4. The van der Waals surface area contributed by atoms with E-state index in [1.165, 1.54) is 62.8 Å². The first kappa shape index (κ1) is 24.5. The van der Waals surface area contributed by atoms with Crippen molar-refractivity contribution in [1.29, 1.82) is 0 Å². The van der Waals surface area contributed by atoms with E-state index in [9.17, 15) is 14.9 Å². The lowest BCUT2D eigenvalue weighted by Gasteiger charge is -2.18. The molecule has 0 heterocycles. The maximum Gasteiger partial charge on any atom is 0.328 e. The number of carbonyl (C=O) groups is 1. The number of benzene rings is 2. The van der Waals surface area contributed by atoms with E-state index in [4.69, 9.17) is 4.74 Å². The summed E-state index contributed by atoms with van der Waals surface area (Å²) in [6.45, 7) is 2.98. The van der Waals surface area contributed by atoms with Crippen LogP contribution in [0.2, 0.25) is 0 Å². The Kier molecular flexibility index (Phi) is 11.3. The highest BCUT2D eigenvalue weighted by molar-refractivity contribution is 5.78. The van der Waals surface area contributed by atoms with Crippen molar-refractivity contribution in [2.45, 2.75) is 70.8 Å². The summed E-state index contributed by atoms with van der Waals surface area (Å²) in [6, 6.07) is 14.9. The van der Waals surface area contributed by atoms with Gasteiger partial charge in [-0.3, -0.25) is 10.1 Å². The number of hydrogen-bond donors (Lipinski definition) is 1. The average molecular weight is 427 g/mol. The molecule has 0 fully saturated rings. The van der Waals surface area contributed by atoms with Gasteiger partial charge in [0.25, 0.3) is 5.69 Å². The van der Waals surface area contributed by atoms with Crippen LogP contribution in [0.25, 0.3) is 0 Å². The molecule has 0 amide bonds. The Bertz CT molecular complexity index is 778. The van der Waals surface area contributed by atoms with E-state index in [0.717, 1.165) is 24.9 Å². The number of non-ortho nitro benzene ring substituents is 1. The third-order valence-corrected chi connectivity index (χ3v) is 5.25. The van der Waals surface area contributed by atoms with Crippen molar-refractivity contribution in [3.63, 3.8) is 0 Å². The van der Waals surface area contributed by atoms with Gasteiger partial charge in [0, 0.05) is 12.1 Å². The lowest BCUT2D eigenvalue weighted by Crippen LogP contribution is -2.41. The topological polar surface area (TPSA) is 81.5 Å². The second-order valence-electron chi connectivity index (χ2n) is 7.84. The van der Waals surface area contributed by atoms with Gasteiger partial charge in [0.2, 0.25) is 0 Å². The number of carbonyl (C=O) groups excluding carboxylic acids is 1. The fraction of sp³-hybridized carbons (Fsp3) is 0.480. The third-order valence-electron chi connectivity index (χ3n) is 5.25. The van der Waals surface area contributed by atoms with Crippen LogP contribution >= 0.6 is 0 Å². The number of esters is 1. The Morgan fingerprint density at radius 3 is 2.16 bits per heavy atom. The monoisotopic (exact) mass is 426 g/mol. The quantitative estimate of drug-likeness (QED) is 0.127. The molecule has 0 unspecified atom stereocenters. The maximum absolute atomic E-state index is 12.8. The lowest BCUT2D eigenvalue weighted by molar-refractivity contribution is -0.384. The molecule has 1 N–H and O–H groups in total. The first-order chi connectivity index (χ1) is 15.1. The molecule has 0 aliphatic carbocycles. The molecule has 2 aromatic rings. The van der Waals surface area contributed by atoms with Crippen molar-refractivity contribution in [2.24, 2.45) is 0 Å². The van der Waals surface area contributed by atoms with Crippen LogP contribution in [0.15, 0.2) is 54.6 Å². The van der Waals surface area contributed by atoms with E-state index in [2.05, 4.69) is 12.2 Å². The molecule has 0 aliphatic heterocycles. The second-order valence-corrected chi connectivity index (χ2v) is 7.84. The van der Waals surface area contributed by atoms with Crippen LogP contribution in [0.4, 0.5) is 5.69 Å². The Morgan fingerprint density at radius 1 is 0.935 bits per heavy atom. The zero-order chi connectivity index (χ0) is 22.3. The normalized spacial score (nSPS) is 11.8. The molecule has 0 saturated carbocycles. The summed E-state index contributed by atoms with van der Waals surface area (Å²) in [5.41, 5.74) is 1.02. The van der Waals surface area contributed by atoms with E-state index >= 15 is 0 Å². The molecule has 1 atom stereocenters. The molecule has 0 aromatic heterocycles.